The maximum Gasteiger partial charge on any atom is 0.291 e. The van der Waals surface area contributed by atoms with Gasteiger partial charge in [-0.25, -0.2) is 4.98 Å². The maximum absolute atomic E-state index is 12.7. The van der Waals surface area contributed by atoms with E-state index in [1.807, 2.05) is 62.4 Å². The van der Waals surface area contributed by atoms with E-state index in [9.17, 15) is 4.79 Å². The number of aryl methyl sites for hydroxylation is 3. The molecule has 0 aliphatic heterocycles. The lowest BCUT2D eigenvalue weighted by Gasteiger charge is -2.10. The first-order valence-corrected chi connectivity index (χ1v) is 11.8. The lowest BCUT2D eigenvalue weighted by molar-refractivity contribution is 0.0992. The molecular formula is C28H24N2O3S. The average molecular weight is 469 g/mol. The van der Waals surface area contributed by atoms with E-state index in [1.54, 1.807) is 23.5 Å². The number of rotatable bonds is 6. The number of benzene rings is 3. The van der Waals surface area contributed by atoms with E-state index in [1.165, 1.54) is 10.3 Å². The number of nitrogens with zero attached hydrogens (tertiary/aromatic N) is 1. The van der Waals surface area contributed by atoms with Gasteiger partial charge in [-0.15, -0.1) is 11.3 Å². The van der Waals surface area contributed by atoms with Gasteiger partial charge in [0.2, 0.25) is 0 Å². The van der Waals surface area contributed by atoms with Crippen LogP contribution in [0.5, 0.6) is 5.75 Å². The zero-order valence-electron chi connectivity index (χ0n) is 19.2. The first-order chi connectivity index (χ1) is 16.5. The molecule has 34 heavy (non-hydrogen) atoms. The third kappa shape index (κ3) is 4.58. The molecule has 0 saturated carbocycles. The van der Waals surface area contributed by atoms with Gasteiger partial charge in [-0.2, -0.15) is 0 Å². The second-order valence-electron chi connectivity index (χ2n) is 8.30. The number of nitrogens with one attached hydrogen (secondary N) is 1. The normalized spacial score (nSPS) is 11.0. The Hall–Kier alpha value is -3.90. The minimum atomic E-state index is -0.304. The van der Waals surface area contributed by atoms with Gasteiger partial charge in [0, 0.05) is 11.3 Å². The molecule has 2 aromatic heterocycles. The van der Waals surface area contributed by atoms with Gasteiger partial charge in [0.25, 0.3) is 5.91 Å². The molecule has 0 aliphatic rings. The Kier molecular flexibility index (Phi) is 5.90. The van der Waals surface area contributed by atoms with Crippen LogP contribution in [-0.4, -0.2) is 10.9 Å². The van der Waals surface area contributed by atoms with E-state index in [0.717, 1.165) is 33.0 Å². The summed E-state index contributed by atoms with van der Waals surface area (Å²) in [5, 5.41) is 3.84. The van der Waals surface area contributed by atoms with Gasteiger partial charge in [-0.05, 0) is 86.0 Å². The van der Waals surface area contributed by atoms with Crippen molar-refractivity contribution in [1.29, 1.82) is 0 Å². The Balaban J connectivity index is 1.23. The van der Waals surface area contributed by atoms with Gasteiger partial charge in [0.15, 0.2) is 5.76 Å². The summed E-state index contributed by atoms with van der Waals surface area (Å²) >= 11 is 1.66. The van der Waals surface area contributed by atoms with Gasteiger partial charge < -0.3 is 14.5 Å². The second kappa shape index (κ2) is 9.15. The Morgan fingerprint density at radius 1 is 0.971 bits per heavy atom. The molecule has 0 aliphatic carbocycles. The second-order valence-corrected chi connectivity index (χ2v) is 9.33. The molecule has 5 aromatic rings. The van der Waals surface area contributed by atoms with Crippen molar-refractivity contribution in [2.45, 2.75) is 27.4 Å². The van der Waals surface area contributed by atoms with Crippen LogP contribution in [0.15, 0.2) is 77.2 Å². The third-order valence-corrected chi connectivity index (χ3v) is 6.65. The number of thiazole rings is 1. The van der Waals surface area contributed by atoms with Crippen LogP contribution in [0.25, 0.3) is 20.8 Å². The highest BCUT2D eigenvalue weighted by Crippen LogP contribution is 2.31. The van der Waals surface area contributed by atoms with Crippen molar-refractivity contribution in [2.24, 2.45) is 0 Å². The molecule has 3 aromatic carbocycles. The van der Waals surface area contributed by atoms with Crippen LogP contribution in [-0.2, 0) is 6.61 Å². The largest absolute Gasteiger partial charge is 0.485 e. The number of para-hydroxylation sites is 1. The van der Waals surface area contributed by atoms with Crippen molar-refractivity contribution < 1.29 is 13.9 Å². The zero-order chi connectivity index (χ0) is 23.7. The number of furan rings is 1. The summed E-state index contributed by atoms with van der Waals surface area (Å²) in [4.78, 5) is 17.4. The number of hydrogen-bond acceptors (Lipinski definition) is 5. The predicted molar refractivity (Wildman–Crippen MR) is 137 cm³/mol. The molecular weight excluding hydrogens is 444 g/mol. The highest BCUT2D eigenvalue weighted by Gasteiger charge is 2.13. The number of hydrogen-bond donors (Lipinski definition) is 1. The van der Waals surface area contributed by atoms with E-state index in [0.29, 0.717) is 11.4 Å². The summed E-state index contributed by atoms with van der Waals surface area (Å²) in [6.07, 6.45) is 0. The molecule has 0 unspecified atom stereocenters. The van der Waals surface area contributed by atoms with Crippen molar-refractivity contribution >= 4 is 33.1 Å². The number of amides is 1. The SMILES string of the molecule is Cc1ccc2nc(-c3ccc(NC(=O)c4ccc(COc5c(C)cccc5C)o4)cc3)sc2c1. The molecule has 5 rings (SSSR count). The van der Waals surface area contributed by atoms with Gasteiger partial charge in [0.05, 0.1) is 10.2 Å². The molecule has 0 fully saturated rings. The third-order valence-electron chi connectivity index (χ3n) is 5.59. The summed E-state index contributed by atoms with van der Waals surface area (Å²) in [6, 6.07) is 23.4. The van der Waals surface area contributed by atoms with Crippen molar-refractivity contribution in [3.63, 3.8) is 0 Å². The molecule has 6 heteroatoms. The van der Waals surface area contributed by atoms with Gasteiger partial charge in [-0.1, -0.05) is 24.3 Å². The molecule has 2 heterocycles. The smallest absolute Gasteiger partial charge is 0.291 e. The Morgan fingerprint density at radius 3 is 2.50 bits per heavy atom. The lowest BCUT2D eigenvalue weighted by Crippen LogP contribution is -2.10. The summed E-state index contributed by atoms with van der Waals surface area (Å²) < 4.78 is 12.8. The number of anilines is 1. The highest BCUT2D eigenvalue weighted by molar-refractivity contribution is 7.21. The number of fused-ring (bicyclic) bond motifs is 1. The standard InChI is InChI=1S/C28H24N2O3S/c1-17-7-13-23-25(15-17)34-28(30-23)20-8-10-21(11-9-20)29-27(31)24-14-12-22(33-24)16-32-26-18(2)5-4-6-19(26)3/h4-15H,16H2,1-3H3,(H,29,31). The molecule has 0 atom stereocenters. The van der Waals surface area contributed by atoms with Crippen LogP contribution in [0, 0.1) is 20.8 Å². The van der Waals surface area contributed by atoms with Crippen LogP contribution < -0.4 is 10.1 Å². The monoisotopic (exact) mass is 468 g/mol. The Bertz CT molecular complexity index is 1460. The van der Waals surface area contributed by atoms with Crippen molar-refractivity contribution in [3.8, 4) is 16.3 Å². The molecule has 0 saturated heterocycles. The molecule has 0 bridgehead atoms. The Labute approximate surface area is 202 Å². The summed E-state index contributed by atoms with van der Waals surface area (Å²) in [7, 11) is 0. The van der Waals surface area contributed by atoms with Crippen LogP contribution >= 0.6 is 11.3 Å². The lowest BCUT2D eigenvalue weighted by atomic mass is 10.1. The number of carbonyl (C=O) groups is 1. The van der Waals surface area contributed by atoms with Crippen LogP contribution in [0.1, 0.15) is 33.0 Å². The van der Waals surface area contributed by atoms with E-state index < -0.39 is 0 Å². The van der Waals surface area contributed by atoms with Crippen LogP contribution in [0.2, 0.25) is 0 Å². The highest BCUT2D eigenvalue weighted by atomic mass is 32.1. The minimum Gasteiger partial charge on any atom is -0.485 e. The van der Waals surface area contributed by atoms with Gasteiger partial charge in [-0.3, -0.25) is 4.79 Å². The fraction of sp³-hybridized carbons (Fsp3) is 0.143. The van der Waals surface area contributed by atoms with Gasteiger partial charge in [0.1, 0.15) is 23.1 Å². The quantitative estimate of drug-likeness (QED) is 0.284. The van der Waals surface area contributed by atoms with Crippen molar-refractivity contribution in [2.75, 3.05) is 5.32 Å². The molecule has 1 N–H and O–H groups in total. The van der Waals surface area contributed by atoms with Crippen LogP contribution in [0.4, 0.5) is 5.69 Å². The van der Waals surface area contributed by atoms with E-state index >= 15 is 0 Å². The summed E-state index contributed by atoms with van der Waals surface area (Å²) in [5.41, 5.74) is 6.05. The zero-order valence-corrected chi connectivity index (χ0v) is 20.0. The first-order valence-electron chi connectivity index (χ1n) is 11.0. The molecule has 0 spiro atoms. The first kappa shape index (κ1) is 21.9. The minimum absolute atomic E-state index is 0.241. The van der Waals surface area contributed by atoms with Crippen molar-refractivity contribution in [3.05, 3.63) is 101 Å². The number of ether oxygens (including phenoxy) is 1. The fourth-order valence-electron chi connectivity index (χ4n) is 3.79. The topological polar surface area (TPSA) is 64.4 Å². The fourth-order valence-corrected chi connectivity index (χ4v) is 4.86. The Morgan fingerprint density at radius 2 is 1.74 bits per heavy atom. The molecule has 5 nitrogen and oxygen atoms in total. The molecule has 1 amide bonds. The molecule has 0 radical (unpaired) electrons. The number of aromatic nitrogens is 1. The predicted octanol–water partition coefficient (Wildman–Crippen LogP) is 7.31. The summed E-state index contributed by atoms with van der Waals surface area (Å²) in [5.74, 6) is 1.37. The van der Waals surface area contributed by atoms with Crippen LogP contribution in [0.3, 0.4) is 0 Å². The number of carbonyl (C=O) groups excluding carboxylic acids is 1. The van der Waals surface area contributed by atoms with E-state index in [2.05, 4.69) is 24.4 Å². The van der Waals surface area contributed by atoms with E-state index in [-0.39, 0.29) is 18.3 Å². The van der Waals surface area contributed by atoms with E-state index in [4.69, 9.17) is 14.1 Å². The maximum atomic E-state index is 12.7. The van der Waals surface area contributed by atoms with Crippen molar-refractivity contribution in [1.82, 2.24) is 4.98 Å². The molecule has 170 valence electrons. The van der Waals surface area contributed by atoms with Gasteiger partial charge >= 0.3 is 0 Å². The average Bonchev–Trinajstić information content (AvgIpc) is 3.46. The summed E-state index contributed by atoms with van der Waals surface area (Å²) in [6.45, 7) is 6.35.